The molecule has 0 aromatic heterocycles. The molecule has 0 radical (unpaired) electrons. The Morgan fingerprint density at radius 3 is 2.33 bits per heavy atom. The minimum absolute atomic E-state index is 0.0513. The summed E-state index contributed by atoms with van der Waals surface area (Å²) in [4.78, 5) is 0. The van der Waals surface area contributed by atoms with Gasteiger partial charge in [-0.05, 0) is 62.7 Å². The van der Waals surface area contributed by atoms with Gasteiger partial charge in [-0.1, -0.05) is 17.7 Å². The third-order valence-corrected chi connectivity index (χ3v) is 3.16. The van der Waals surface area contributed by atoms with E-state index in [0.717, 1.165) is 12.1 Å². The SMILES string of the molecule is CC(C)(C)NCc1ccc(Oc2ccc(F)cc2)c(Cl)c1. The first-order valence-electron chi connectivity index (χ1n) is 6.80. The van der Waals surface area contributed by atoms with Gasteiger partial charge in [0.1, 0.15) is 17.3 Å². The summed E-state index contributed by atoms with van der Waals surface area (Å²) in [6, 6.07) is 11.5. The molecule has 0 aliphatic carbocycles. The van der Waals surface area contributed by atoms with E-state index in [1.807, 2.05) is 18.2 Å². The number of halogens is 2. The van der Waals surface area contributed by atoms with Crippen LogP contribution in [0.15, 0.2) is 42.5 Å². The van der Waals surface area contributed by atoms with Gasteiger partial charge in [-0.2, -0.15) is 0 Å². The number of hydrogen-bond donors (Lipinski definition) is 1. The summed E-state index contributed by atoms with van der Waals surface area (Å²) in [6.45, 7) is 7.07. The average Bonchev–Trinajstić information content (AvgIpc) is 2.41. The molecule has 1 N–H and O–H groups in total. The van der Waals surface area contributed by atoms with Crippen LogP contribution in [0.3, 0.4) is 0 Å². The van der Waals surface area contributed by atoms with Crippen molar-refractivity contribution in [3.8, 4) is 11.5 Å². The summed E-state index contributed by atoms with van der Waals surface area (Å²) < 4.78 is 18.5. The molecule has 0 bridgehead atoms. The van der Waals surface area contributed by atoms with Gasteiger partial charge in [-0.3, -0.25) is 0 Å². The quantitative estimate of drug-likeness (QED) is 0.842. The highest BCUT2D eigenvalue weighted by atomic mass is 35.5. The van der Waals surface area contributed by atoms with Gasteiger partial charge in [0.15, 0.2) is 0 Å². The minimum atomic E-state index is -0.294. The van der Waals surface area contributed by atoms with Crippen LogP contribution in [0.5, 0.6) is 11.5 Å². The zero-order valence-electron chi connectivity index (χ0n) is 12.4. The zero-order valence-corrected chi connectivity index (χ0v) is 13.2. The fourth-order valence-corrected chi connectivity index (χ4v) is 1.98. The fraction of sp³-hybridized carbons (Fsp3) is 0.294. The number of benzene rings is 2. The Hall–Kier alpha value is -1.58. The third-order valence-electron chi connectivity index (χ3n) is 2.86. The molecule has 0 heterocycles. The fourth-order valence-electron chi connectivity index (χ4n) is 1.73. The Bertz CT molecular complexity index is 605. The molecular formula is C17H19ClFNO. The van der Waals surface area contributed by atoms with Crippen LogP contribution < -0.4 is 10.1 Å². The van der Waals surface area contributed by atoms with E-state index >= 15 is 0 Å². The molecule has 0 atom stereocenters. The lowest BCUT2D eigenvalue weighted by Crippen LogP contribution is -2.35. The molecule has 0 amide bonds. The van der Waals surface area contributed by atoms with E-state index in [-0.39, 0.29) is 11.4 Å². The number of hydrogen-bond acceptors (Lipinski definition) is 2. The highest BCUT2D eigenvalue weighted by Crippen LogP contribution is 2.30. The Morgan fingerprint density at radius 2 is 1.76 bits per heavy atom. The average molecular weight is 308 g/mol. The van der Waals surface area contributed by atoms with Gasteiger partial charge in [0.25, 0.3) is 0 Å². The first-order chi connectivity index (χ1) is 9.83. The molecule has 2 rings (SSSR count). The monoisotopic (exact) mass is 307 g/mol. The van der Waals surface area contributed by atoms with Crippen LogP contribution in [0.2, 0.25) is 5.02 Å². The molecular weight excluding hydrogens is 289 g/mol. The molecule has 0 aliphatic heterocycles. The predicted octanol–water partition coefficient (Wildman–Crippen LogP) is 5.16. The molecule has 21 heavy (non-hydrogen) atoms. The topological polar surface area (TPSA) is 21.3 Å². The molecule has 4 heteroatoms. The summed E-state index contributed by atoms with van der Waals surface area (Å²) >= 11 is 6.23. The van der Waals surface area contributed by atoms with Gasteiger partial charge in [0, 0.05) is 12.1 Å². The van der Waals surface area contributed by atoms with Gasteiger partial charge < -0.3 is 10.1 Å². The lowest BCUT2D eigenvalue weighted by Gasteiger charge is -2.20. The van der Waals surface area contributed by atoms with Gasteiger partial charge in [-0.25, -0.2) is 4.39 Å². The van der Waals surface area contributed by atoms with Crippen molar-refractivity contribution in [1.82, 2.24) is 5.32 Å². The van der Waals surface area contributed by atoms with Gasteiger partial charge in [0.2, 0.25) is 0 Å². The Morgan fingerprint density at radius 1 is 1.10 bits per heavy atom. The van der Waals surface area contributed by atoms with E-state index in [0.29, 0.717) is 16.5 Å². The lowest BCUT2D eigenvalue weighted by molar-refractivity contribution is 0.424. The van der Waals surface area contributed by atoms with Crippen LogP contribution >= 0.6 is 11.6 Å². The Kier molecular flexibility index (Phi) is 4.86. The normalized spacial score (nSPS) is 11.5. The summed E-state index contributed by atoms with van der Waals surface area (Å²) in [5.74, 6) is 0.818. The molecule has 2 aromatic rings. The van der Waals surface area contributed by atoms with Crippen LogP contribution in [0.1, 0.15) is 26.3 Å². The summed E-state index contributed by atoms with van der Waals surface area (Å²) in [5.41, 5.74) is 1.14. The first kappa shape index (κ1) is 15.8. The molecule has 2 nitrogen and oxygen atoms in total. The molecule has 0 spiro atoms. The summed E-state index contributed by atoms with van der Waals surface area (Å²) in [7, 11) is 0. The summed E-state index contributed by atoms with van der Waals surface area (Å²) in [5, 5.41) is 3.93. The van der Waals surface area contributed by atoms with E-state index in [9.17, 15) is 4.39 Å². The summed E-state index contributed by atoms with van der Waals surface area (Å²) in [6.07, 6.45) is 0. The Balaban J connectivity index is 2.07. The highest BCUT2D eigenvalue weighted by Gasteiger charge is 2.10. The van der Waals surface area contributed by atoms with Crippen molar-refractivity contribution in [1.29, 1.82) is 0 Å². The predicted molar refractivity (Wildman–Crippen MR) is 84.5 cm³/mol. The van der Waals surface area contributed by atoms with Gasteiger partial charge >= 0.3 is 0 Å². The molecule has 0 saturated carbocycles. The number of nitrogens with one attached hydrogen (secondary N) is 1. The minimum Gasteiger partial charge on any atom is -0.456 e. The molecule has 112 valence electrons. The van der Waals surface area contributed by atoms with Gasteiger partial charge in [0.05, 0.1) is 5.02 Å². The van der Waals surface area contributed by atoms with Crippen molar-refractivity contribution >= 4 is 11.6 Å². The van der Waals surface area contributed by atoms with Crippen LogP contribution in [-0.4, -0.2) is 5.54 Å². The van der Waals surface area contributed by atoms with Crippen molar-refractivity contribution in [2.24, 2.45) is 0 Å². The largest absolute Gasteiger partial charge is 0.456 e. The van der Waals surface area contributed by atoms with Crippen molar-refractivity contribution in [2.75, 3.05) is 0 Å². The van der Waals surface area contributed by atoms with E-state index in [1.54, 1.807) is 12.1 Å². The Labute approximate surface area is 129 Å². The van der Waals surface area contributed by atoms with Crippen LogP contribution in [0, 0.1) is 5.82 Å². The van der Waals surface area contributed by atoms with E-state index in [1.165, 1.54) is 12.1 Å². The molecule has 2 aromatic carbocycles. The second-order valence-corrected chi connectivity index (χ2v) is 6.33. The van der Waals surface area contributed by atoms with Gasteiger partial charge in [-0.15, -0.1) is 0 Å². The standard InChI is InChI=1S/C17H19ClFNO/c1-17(2,3)20-11-12-4-9-16(15(18)10-12)21-14-7-5-13(19)6-8-14/h4-10,20H,11H2,1-3H3. The van der Waals surface area contributed by atoms with Crippen molar-refractivity contribution in [2.45, 2.75) is 32.9 Å². The van der Waals surface area contributed by atoms with Crippen LogP contribution in [0.4, 0.5) is 4.39 Å². The van der Waals surface area contributed by atoms with E-state index < -0.39 is 0 Å². The zero-order chi connectivity index (χ0) is 15.5. The smallest absolute Gasteiger partial charge is 0.146 e. The molecule has 0 aliphatic rings. The number of rotatable bonds is 4. The second kappa shape index (κ2) is 6.46. The highest BCUT2D eigenvalue weighted by molar-refractivity contribution is 6.32. The van der Waals surface area contributed by atoms with Crippen LogP contribution in [-0.2, 0) is 6.54 Å². The second-order valence-electron chi connectivity index (χ2n) is 5.92. The molecule has 0 fully saturated rings. The van der Waals surface area contributed by atoms with Crippen molar-refractivity contribution in [3.05, 3.63) is 58.9 Å². The van der Waals surface area contributed by atoms with E-state index in [2.05, 4.69) is 26.1 Å². The maximum atomic E-state index is 12.9. The molecule has 0 unspecified atom stereocenters. The first-order valence-corrected chi connectivity index (χ1v) is 7.18. The maximum Gasteiger partial charge on any atom is 0.146 e. The van der Waals surface area contributed by atoms with Crippen LogP contribution in [0.25, 0.3) is 0 Å². The van der Waals surface area contributed by atoms with Crippen molar-refractivity contribution in [3.63, 3.8) is 0 Å². The maximum absolute atomic E-state index is 12.9. The third kappa shape index (κ3) is 5.03. The van der Waals surface area contributed by atoms with E-state index in [4.69, 9.17) is 16.3 Å². The lowest BCUT2D eigenvalue weighted by atomic mass is 10.1. The number of ether oxygens (including phenoxy) is 1. The van der Waals surface area contributed by atoms with Crippen molar-refractivity contribution < 1.29 is 9.13 Å². The molecule has 0 saturated heterocycles.